The summed E-state index contributed by atoms with van der Waals surface area (Å²) in [7, 11) is -5.02. The lowest BCUT2D eigenvalue weighted by molar-refractivity contribution is 0.102. The second kappa shape index (κ2) is 9.53. The van der Waals surface area contributed by atoms with Gasteiger partial charge in [0.2, 0.25) is 10.0 Å². The third kappa shape index (κ3) is 5.27. The number of aryl methyl sites for hydroxylation is 2. The Hall–Kier alpha value is -3.28. The van der Waals surface area contributed by atoms with Crippen molar-refractivity contribution in [2.45, 2.75) is 23.6 Å². The third-order valence-corrected chi connectivity index (χ3v) is 8.38. The highest BCUT2D eigenvalue weighted by Crippen LogP contribution is 2.25. The van der Waals surface area contributed by atoms with Gasteiger partial charge in [0.25, 0.3) is 15.9 Å². The number of halogens is 1. The van der Waals surface area contributed by atoms with Crippen LogP contribution in [0.3, 0.4) is 0 Å². The number of nitrogens with zero attached hydrogens (tertiary/aromatic N) is 1. The van der Waals surface area contributed by atoms with E-state index in [2.05, 4.69) is 10.0 Å². The van der Waals surface area contributed by atoms with E-state index < -0.39 is 31.8 Å². The van der Waals surface area contributed by atoms with Crippen molar-refractivity contribution in [1.82, 2.24) is 4.31 Å². The molecule has 0 fully saturated rings. The molecule has 0 atom stereocenters. The maximum Gasteiger partial charge on any atom is 0.261 e. The van der Waals surface area contributed by atoms with Crippen molar-refractivity contribution in [2.24, 2.45) is 0 Å². The molecule has 180 valence electrons. The topological polar surface area (TPSA) is 113 Å². The summed E-state index contributed by atoms with van der Waals surface area (Å²) >= 11 is 0. The van der Waals surface area contributed by atoms with Crippen LogP contribution < -0.4 is 10.0 Å². The van der Waals surface area contributed by atoms with Crippen molar-refractivity contribution >= 4 is 37.3 Å². The number of rotatable bonds is 7. The molecule has 0 heterocycles. The average Bonchev–Trinajstić information content (AvgIpc) is 2.76. The summed E-state index contributed by atoms with van der Waals surface area (Å²) in [6, 6.07) is 13.8. The SMILES string of the molecule is Cc1cc(S(=O)(=O)Nc2ccccc2C(=O)Nc2ccc(C)c(S(=O)(=O)N(C)C)c2)ccc1F. The number of benzene rings is 3. The molecule has 0 unspecified atom stereocenters. The molecular weight excluding hydrogens is 481 g/mol. The van der Waals surface area contributed by atoms with E-state index >= 15 is 0 Å². The number of hydrogen-bond donors (Lipinski definition) is 2. The minimum Gasteiger partial charge on any atom is -0.322 e. The van der Waals surface area contributed by atoms with Crippen LogP contribution in [0.4, 0.5) is 15.8 Å². The van der Waals surface area contributed by atoms with E-state index in [0.717, 1.165) is 16.4 Å². The van der Waals surface area contributed by atoms with Gasteiger partial charge in [0.15, 0.2) is 0 Å². The predicted molar refractivity (Wildman–Crippen MR) is 128 cm³/mol. The Morgan fingerprint density at radius 2 is 1.56 bits per heavy atom. The highest BCUT2D eigenvalue weighted by Gasteiger charge is 2.22. The fourth-order valence-corrected chi connectivity index (χ4v) is 5.42. The first-order valence-electron chi connectivity index (χ1n) is 10.1. The number of hydrogen-bond acceptors (Lipinski definition) is 5. The van der Waals surface area contributed by atoms with Crippen molar-refractivity contribution in [1.29, 1.82) is 0 Å². The van der Waals surface area contributed by atoms with E-state index in [1.807, 2.05) is 0 Å². The van der Waals surface area contributed by atoms with Gasteiger partial charge >= 0.3 is 0 Å². The summed E-state index contributed by atoms with van der Waals surface area (Å²) < 4.78 is 67.8. The predicted octanol–water partition coefficient (Wildman–Crippen LogP) is 3.75. The Morgan fingerprint density at radius 3 is 2.21 bits per heavy atom. The van der Waals surface area contributed by atoms with Crippen LogP contribution in [0.15, 0.2) is 70.5 Å². The molecular formula is C23H24FN3O5S2. The third-order valence-electron chi connectivity index (χ3n) is 5.06. The molecule has 3 aromatic rings. The zero-order chi connectivity index (χ0) is 25.3. The van der Waals surface area contributed by atoms with E-state index in [-0.39, 0.29) is 32.3 Å². The summed E-state index contributed by atoms with van der Waals surface area (Å²) in [6.45, 7) is 3.09. The number of anilines is 2. The molecule has 3 aromatic carbocycles. The number of carbonyl (C=O) groups is 1. The molecule has 0 bridgehead atoms. The quantitative estimate of drug-likeness (QED) is 0.508. The molecule has 0 spiro atoms. The van der Waals surface area contributed by atoms with E-state index in [9.17, 15) is 26.0 Å². The van der Waals surface area contributed by atoms with Crippen molar-refractivity contribution in [3.63, 3.8) is 0 Å². The van der Waals surface area contributed by atoms with Gasteiger partial charge in [-0.25, -0.2) is 25.5 Å². The molecule has 8 nitrogen and oxygen atoms in total. The Labute approximate surface area is 198 Å². The fraction of sp³-hybridized carbons (Fsp3) is 0.174. The Balaban J connectivity index is 1.92. The maximum absolute atomic E-state index is 13.6. The normalized spacial score (nSPS) is 11.9. The minimum atomic E-state index is -4.10. The van der Waals surface area contributed by atoms with Gasteiger partial charge in [0.1, 0.15) is 5.82 Å². The van der Waals surface area contributed by atoms with Gasteiger partial charge in [-0.3, -0.25) is 9.52 Å². The minimum absolute atomic E-state index is 0.00947. The highest BCUT2D eigenvalue weighted by molar-refractivity contribution is 7.92. The van der Waals surface area contributed by atoms with Crippen molar-refractivity contribution < 1.29 is 26.0 Å². The lowest BCUT2D eigenvalue weighted by Crippen LogP contribution is -2.23. The van der Waals surface area contributed by atoms with Crippen LogP contribution in [0, 0.1) is 19.7 Å². The molecule has 34 heavy (non-hydrogen) atoms. The Morgan fingerprint density at radius 1 is 0.882 bits per heavy atom. The lowest BCUT2D eigenvalue weighted by Gasteiger charge is -2.16. The lowest BCUT2D eigenvalue weighted by atomic mass is 10.1. The van der Waals surface area contributed by atoms with Gasteiger partial charge in [0.05, 0.1) is 21.0 Å². The summed E-state index contributed by atoms with van der Waals surface area (Å²) in [5, 5.41) is 2.61. The standard InChI is InChI=1S/C23H24FN3O5S2/c1-15-9-10-17(14-22(15)34(31,32)27(3)4)25-23(28)19-7-5-6-8-21(19)26-33(29,30)18-11-12-20(24)16(2)13-18/h5-14,26H,1-4H3,(H,25,28). The first kappa shape index (κ1) is 25.3. The monoisotopic (exact) mass is 505 g/mol. The van der Waals surface area contributed by atoms with Gasteiger partial charge < -0.3 is 5.32 Å². The summed E-state index contributed by atoms with van der Waals surface area (Å²) in [5.41, 5.74) is 0.923. The van der Waals surface area contributed by atoms with Crippen molar-refractivity contribution in [3.8, 4) is 0 Å². The van der Waals surface area contributed by atoms with Gasteiger partial charge in [-0.1, -0.05) is 18.2 Å². The molecule has 0 aliphatic heterocycles. The van der Waals surface area contributed by atoms with Crippen LogP contribution in [0.5, 0.6) is 0 Å². The molecule has 0 radical (unpaired) electrons. The molecule has 0 saturated carbocycles. The zero-order valence-corrected chi connectivity index (χ0v) is 20.6. The van der Waals surface area contributed by atoms with Gasteiger partial charge in [0, 0.05) is 19.8 Å². The molecule has 0 aliphatic rings. The first-order chi connectivity index (χ1) is 15.8. The van der Waals surface area contributed by atoms with Crippen LogP contribution >= 0.6 is 0 Å². The summed E-state index contributed by atoms with van der Waals surface area (Å²) in [6.07, 6.45) is 0. The number of carbonyl (C=O) groups excluding carboxylic acids is 1. The second-order valence-electron chi connectivity index (χ2n) is 7.78. The molecule has 2 N–H and O–H groups in total. The highest BCUT2D eigenvalue weighted by atomic mass is 32.2. The summed E-state index contributed by atoms with van der Waals surface area (Å²) in [5.74, 6) is -1.18. The molecule has 0 aliphatic carbocycles. The number of para-hydroxylation sites is 1. The molecule has 11 heteroatoms. The molecule has 1 amide bonds. The molecule has 0 saturated heterocycles. The largest absolute Gasteiger partial charge is 0.322 e. The van der Waals surface area contributed by atoms with Crippen LogP contribution in [-0.4, -0.2) is 41.1 Å². The Kier molecular flexibility index (Phi) is 7.10. The Bertz CT molecular complexity index is 1470. The van der Waals surface area contributed by atoms with E-state index in [4.69, 9.17) is 0 Å². The van der Waals surface area contributed by atoms with Gasteiger partial charge in [-0.2, -0.15) is 0 Å². The number of amides is 1. The first-order valence-corrected chi connectivity index (χ1v) is 13.0. The van der Waals surface area contributed by atoms with Gasteiger partial charge in [-0.05, 0) is 67.4 Å². The number of nitrogens with one attached hydrogen (secondary N) is 2. The smallest absolute Gasteiger partial charge is 0.261 e. The van der Waals surface area contributed by atoms with Crippen molar-refractivity contribution in [2.75, 3.05) is 24.1 Å². The molecule has 0 aromatic heterocycles. The maximum atomic E-state index is 13.6. The van der Waals surface area contributed by atoms with Crippen LogP contribution in [0.25, 0.3) is 0 Å². The van der Waals surface area contributed by atoms with Crippen molar-refractivity contribution in [3.05, 3.63) is 83.2 Å². The van der Waals surface area contributed by atoms with Crippen LogP contribution in [-0.2, 0) is 20.0 Å². The zero-order valence-electron chi connectivity index (χ0n) is 19.0. The van der Waals surface area contributed by atoms with E-state index in [0.29, 0.717) is 5.56 Å². The van der Waals surface area contributed by atoms with E-state index in [1.54, 1.807) is 31.2 Å². The van der Waals surface area contributed by atoms with E-state index in [1.165, 1.54) is 45.3 Å². The van der Waals surface area contributed by atoms with Crippen LogP contribution in [0.1, 0.15) is 21.5 Å². The van der Waals surface area contributed by atoms with Gasteiger partial charge in [-0.15, -0.1) is 0 Å². The average molecular weight is 506 g/mol. The molecule has 3 rings (SSSR count). The number of sulfonamides is 2. The fourth-order valence-electron chi connectivity index (χ4n) is 3.11. The van der Waals surface area contributed by atoms with Crippen LogP contribution in [0.2, 0.25) is 0 Å². The second-order valence-corrected chi connectivity index (χ2v) is 11.6. The summed E-state index contributed by atoms with van der Waals surface area (Å²) in [4.78, 5) is 12.9.